The van der Waals surface area contributed by atoms with Crippen LogP contribution in [0.4, 0.5) is 0 Å². The molecule has 3 heteroatoms. The highest BCUT2D eigenvalue weighted by Crippen LogP contribution is 2.35. The van der Waals surface area contributed by atoms with Crippen LogP contribution in [-0.4, -0.2) is 35.2 Å². The van der Waals surface area contributed by atoms with E-state index in [1.807, 2.05) is 18.2 Å². The third-order valence-electron chi connectivity index (χ3n) is 5.58. The van der Waals surface area contributed by atoms with Crippen LogP contribution in [-0.2, 0) is 11.3 Å². The fourth-order valence-electron chi connectivity index (χ4n) is 3.99. The lowest BCUT2D eigenvalue weighted by atomic mass is 9.86. The lowest BCUT2D eigenvalue weighted by Crippen LogP contribution is -2.38. The van der Waals surface area contributed by atoms with Crippen molar-refractivity contribution in [2.45, 2.75) is 78.5 Å². The van der Waals surface area contributed by atoms with Crippen molar-refractivity contribution >= 4 is 0 Å². The Kier molecular flexibility index (Phi) is 9.69. The van der Waals surface area contributed by atoms with E-state index in [1.165, 1.54) is 5.56 Å². The minimum absolute atomic E-state index is 0.159. The van der Waals surface area contributed by atoms with E-state index in [4.69, 9.17) is 4.74 Å². The molecular formula is C26H39NO2. The van der Waals surface area contributed by atoms with E-state index in [0.29, 0.717) is 24.4 Å². The highest BCUT2D eigenvalue weighted by Gasteiger charge is 2.21. The summed E-state index contributed by atoms with van der Waals surface area (Å²) in [7, 11) is 0. The maximum Gasteiger partial charge on any atom is 0.119 e. The van der Waals surface area contributed by atoms with Gasteiger partial charge in [-0.05, 0) is 70.3 Å². The number of ether oxygens (including phenoxy) is 1. The summed E-state index contributed by atoms with van der Waals surface area (Å²) in [5.74, 6) is 0.531. The molecule has 0 fully saturated rings. The number of phenolic OH excluding ortho intramolecular Hbond substituents is 1. The molecule has 160 valence electrons. The summed E-state index contributed by atoms with van der Waals surface area (Å²) < 4.78 is 5.81. The quantitative estimate of drug-likeness (QED) is 0.424. The average Bonchev–Trinajstić information content (AvgIpc) is 2.70. The Morgan fingerprint density at radius 2 is 1.66 bits per heavy atom. The molecule has 3 nitrogen and oxygen atoms in total. The molecule has 0 spiro atoms. The van der Waals surface area contributed by atoms with Crippen LogP contribution < -0.4 is 0 Å². The molecule has 0 aliphatic rings. The van der Waals surface area contributed by atoms with Gasteiger partial charge in [0.2, 0.25) is 0 Å². The molecule has 1 atom stereocenters. The third-order valence-corrected chi connectivity index (χ3v) is 5.58. The van der Waals surface area contributed by atoms with E-state index in [0.717, 1.165) is 43.5 Å². The Labute approximate surface area is 177 Å². The number of phenols is 1. The number of hydrogen-bond acceptors (Lipinski definition) is 3. The highest BCUT2D eigenvalue weighted by atomic mass is 16.5. The molecule has 0 bridgehead atoms. The Balaban J connectivity index is 2.26. The maximum atomic E-state index is 10.7. The number of hydrogen-bond donors (Lipinski definition) is 1. The van der Waals surface area contributed by atoms with Crippen molar-refractivity contribution < 1.29 is 9.84 Å². The second-order valence-corrected chi connectivity index (χ2v) is 8.48. The maximum absolute atomic E-state index is 10.7. The van der Waals surface area contributed by atoms with Gasteiger partial charge in [-0.15, -0.1) is 0 Å². The van der Waals surface area contributed by atoms with E-state index in [9.17, 15) is 5.11 Å². The van der Waals surface area contributed by atoms with Gasteiger partial charge in [-0.25, -0.2) is 0 Å². The lowest BCUT2D eigenvalue weighted by Gasteiger charge is -2.32. The molecule has 1 unspecified atom stereocenters. The Morgan fingerprint density at radius 1 is 0.966 bits per heavy atom. The zero-order chi connectivity index (χ0) is 21.2. The fourth-order valence-corrected chi connectivity index (χ4v) is 3.99. The minimum Gasteiger partial charge on any atom is -0.508 e. The van der Waals surface area contributed by atoms with Crippen LogP contribution in [0.15, 0.2) is 48.5 Å². The minimum atomic E-state index is 0.159. The highest BCUT2D eigenvalue weighted by molar-refractivity contribution is 5.43. The van der Waals surface area contributed by atoms with Crippen molar-refractivity contribution in [1.82, 2.24) is 4.90 Å². The number of benzene rings is 2. The van der Waals surface area contributed by atoms with Crippen molar-refractivity contribution in [2.75, 3.05) is 13.2 Å². The molecule has 2 rings (SSSR count). The average molecular weight is 398 g/mol. The monoisotopic (exact) mass is 397 g/mol. The largest absolute Gasteiger partial charge is 0.508 e. The Morgan fingerprint density at radius 3 is 2.28 bits per heavy atom. The molecule has 0 aliphatic carbocycles. The molecule has 0 saturated heterocycles. The number of rotatable bonds is 12. The van der Waals surface area contributed by atoms with Crippen LogP contribution in [0.25, 0.3) is 0 Å². The zero-order valence-corrected chi connectivity index (χ0v) is 18.9. The first-order valence-corrected chi connectivity index (χ1v) is 11.1. The van der Waals surface area contributed by atoms with E-state index in [1.54, 1.807) is 0 Å². The molecule has 1 N–H and O–H groups in total. The molecule has 0 amide bonds. The van der Waals surface area contributed by atoms with Crippen molar-refractivity contribution in [3.63, 3.8) is 0 Å². The van der Waals surface area contributed by atoms with Crippen LogP contribution in [0.1, 0.15) is 76.5 Å². The molecule has 0 saturated carbocycles. The Bertz CT molecular complexity index is 704. The van der Waals surface area contributed by atoms with Crippen LogP contribution in [0.2, 0.25) is 0 Å². The fraction of sp³-hybridized carbons (Fsp3) is 0.538. The Hall–Kier alpha value is -1.84. The lowest BCUT2D eigenvalue weighted by molar-refractivity contribution is 0.118. The molecule has 0 aromatic heterocycles. The van der Waals surface area contributed by atoms with E-state index < -0.39 is 0 Å². The molecule has 0 radical (unpaired) electrons. The van der Waals surface area contributed by atoms with Gasteiger partial charge >= 0.3 is 0 Å². The molecule has 29 heavy (non-hydrogen) atoms. The summed E-state index contributed by atoms with van der Waals surface area (Å²) in [5.41, 5.74) is 3.37. The van der Waals surface area contributed by atoms with Crippen molar-refractivity contribution in [3.8, 4) is 5.75 Å². The van der Waals surface area contributed by atoms with Crippen molar-refractivity contribution in [1.29, 1.82) is 0 Å². The SMILES string of the molecule is CCCCOCc1ccc(O)c(C(CCN(C(C)C)C(C)C)c2ccccc2)c1. The first-order valence-electron chi connectivity index (χ1n) is 11.1. The molecule has 0 aliphatic heterocycles. The summed E-state index contributed by atoms with van der Waals surface area (Å²) in [5, 5.41) is 10.7. The van der Waals surface area contributed by atoms with Crippen LogP contribution in [0, 0.1) is 0 Å². The first-order chi connectivity index (χ1) is 13.9. The van der Waals surface area contributed by atoms with Gasteiger partial charge in [0.1, 0.15) is 5.75 Å². The summed E-state index contributed by atoms with van der Waals surface area (Å²) in [6.07, 6.45) is 3.19. The van der Waals surface area contributed by atoms with E-state index >= 15 is 0 Å². The number of unbranched alkanes of at least 4 members (excludes halogenated alkanes) is 1. The van der Waals surface area contributed by atoms with Gasteiger partial charge in [-0.3, -0.25) is 4.90 Å². The van der Waals surface area contributed by atoms with E-state index in [2.05, 4.69) is 69.9 Å². The molecule has 2 aromatic rings. The predicted molar refractivity (Wildman–Crippen MR) is 123 cm³/mol. The van der Waals surface area contributed by atoms with Crippen molar-refractivity contribution in [2.24, 2.45) is 0 Å². The van der Waals surface area contributed by atoms with Gasteiger partial charge in [0, 0.05) is 30.2 Å². The standard InChI is InChI=1S/C26H39NO2/c1-6-7-17-29-19-22-13-14-26(28)25(18-22)24(23-11-9-8-10-12-23)15-16-27(20(2)3)21(4)5/h8-14,18,20-21,24,28H,6-7,15-17,19H2,1-5H3. The van der Waals surface area contributed by atoms with Crippen LogP contribution in [0.3, 0.4) is 0 Å². The molecule has 0 heterocycles. The summed E-state index contributed by atoms with van der Waals surface area (Å²) in [6.45, 7) is 13.6. The van der Waals surface area contributed by atoms with Gasteiger partial charge in [-0.2, -0.15) is 0 Å². The topological polar surface area (TPSA) is 32.7 Å². The van der Waals surface area contributed by atoms with Crippen LogP contribution in [0.5, 0.6) is 5.75 Å². The summed E-state index contributed by atoms with van der Waals surface area (Å²) >= 11 is 0. The number of aromatic hydroxyl groups is 1. The predicted octanol–water partition coefficient (Wildman–Crippen LogP) is 6.35. The van der Waals surface area contributed by atoms with Crippen molar-refractivity contribution in [3.05, 3.63) is 65.2 Å². The summed E-state index contributed by atoms with van der Waals surface area (Å²) in [4.78, 5) is 2.52. The van der Waals surface area contributed by atoms with Gasteiger partial charge < -0.3 is 9.84 Å². The summed E-state index contributed by atoms with van der Waals surface area (Å²) in [6, 6.07) is 17.5. The van der Waals surface area contributed by atoms with E-state index in [-0.39, 0.29) is 5.92 Å². The van der Waals surface area contributed by atoms with Gasteiger partial charge in [0.25, 0.3) is 0 Å². The zero-order valence-electron chi connectivity index (χ0n) is 18.9. The van der Waals surface area contributed by atoms with Crippen LogP contribution >= 0.6 is 0 Å². The van der Waals surface area contributed by atoms with Gasteiger partial charge in [0.15, 0.2) is 0 Å². The molecule has 2 aromatic carbocycles. The smallest absolute Gasteiger partial charge is 0.119 e. The molecular weight excluding hydrogens is 358 g/mol. The normalized spacial score (nSPS) is 12.8. The number of nitrogens with zero attached hydrogens (tertiary/aromatic N) is 1. The van der Waals surface area contributed by atoms with Gasteiger partial charge in [-0.1, -0.05) is 49.7 Å². The second-order valence-electron chi connectivity index (χ2n) is 8.48. The third kappa shape index (κ3) is 7.17. The van der Waals surface area contributed by atoms with Gasteiger partial charge in [0.05, 0.1) is 6.61 Å². The first kappa shape index (κ1) is 23.4. The second kappa shape index (κ2) is 12.0.